The molecule has 0 fully saturated rings. The van der Waals surface area contributed by atoms with E-state index in [2.05, 4.69) is 4.98 Å². The second kappa shape index (κ2) is 4.89. The second-order valence-electron chi connectivity index (χ2n) is 2.70. The number of hydrogen-bond acceptors (Lipinski definition) is 3. The monoisotopic (exact) mass is 235 g/mol. The Morgan fingerprint density at radius 2 is 2.36 bits per heavy atom. The van der Waals surface area contributed by atoms with Crippen LogP contribution in [-0.2, 0) is 15.3 Å². The molecule has 6 heteroatoms. The molecule has 1 aromatic heterocycles. The molecule has 0 aromatic carbocycles. The molecule has 0 radical (unpaired) electrons. The molecule has 1 aromatic rings. The van der Waals surface area contributed by atoms with E-state index in [4.69, 9.17) is 16.1 Å². The van der Waals surface area contributed by atoms with E-state index in [0.29, 0.717) is 10.7 Å². The molecular weight excluding hydrogens is 225 g/mol. The molecule has 78 valence electrons. The first-order valence-corrected chi connectivity index (χ1v) is 6.24. The van der Waals surface area contributed by atoms with Gasteiger partial charge in [0.1, 0.15) is 5.15 Å². The Kier molecular flexibility index (Phi) is 4.08. The average Bonchev–Trinajstić information content (AvgIpc) is 2.08. The van der Waals surface area contributed by atoms with Gasteiger partial charge in [-0.25, -0.2) is 4.98 Å². The molecule has 1 rings (SSSR count). The summed E-state index contributed by atoms with van der Waals surface area (Å²) in [6.45, 7) is 1.89. The van der Waals surface area contributed by atoms with Crippen LogP contribution in [0.1, 0.15) is 12.5 Å². The molecule has 1 N–H and O–H groups in total. The van der Waals surface area contributed by atoms with Gasteiger partial charge in [-0.3, -0.25) is 4.57 Å². The molecule has 14 heavy (non-hydrogen) atoms. The lowest BCUT2D eigenvalue weighted by atomic mass is 10.3. The standard InChI is InChI=1S/C8H11ClNO3P/c1-2-13-14(11,12)6-7-3-4-8(9)10-5-7/h3-5H,2,6H2,1H3,(H,11,12). The highest BCUT2D eigenvalue weighted by molar-refractivity contribution is 7.51. The normalized spacial score (nSPS) is 15.1. The van der Waals surface area contributed by atoms with E-state index in [9.17, 15) is 9.46 Å². The highest BCUT2D eigenvalue weighted by Crippen LogP contribution is 2.45. The largest absolute Gasteiger partial charge is 0.332 e. The predicted molar refractivity (Wildman–Crippen MR) is 54.4 cm³/mol. The molecule has 0 aliphatic heterocycles. The van der Waals surface area contributed by atoms with E-state index in [1.807, 2.05) is 0 Å². The minimum Gasteiger partial charge on any atom is -0.324 e. The van der Waals surface area contributed by atoms with E-state index in [1.165, 1.54) is 6.20 Å². The number of hydrogen-bond donors (Lipinski definition) is 1. The smallest absolute Gasteiger partial charge is 0.324 e. The summed E-state index contributed by atoms with van der Waals surface area (Å²) in [4.78, 5) is 13.1. The van der Waals surface area contributed by atoms with Crippen LogP contribution in [-0.4, -0.2) is 16.5 Å². The van der Waals surface area contributed by atoms with Crippen LogP contribution in [0.25, 0.3) is 0 Å². The van der Waals surface area contributed by atoms with Gasteiger partial charge in [0.05, 0.1) is 12.8 Å². The number of rotatable bonds is 4. The summed E-state index contributed by atoms with van der Waals surface area (Å²) >= 11 is 5.57. The van der Waals surface area contributed by atoms with E-state index in [1.54, 1.807) is 19.1 Å². The van der Waals surface area contributed by atoms with E-state index < -0.39 is 7.60 Å². The van der Waals surface area contributed by atoms with Crippen LogP contribution in [0, 0.1) is 0 Å². The SMILES string of the molecule is CCOP(=O)(O)Cc1ccc(Cl)nc1. The summed E-state index contributed by atoms with van der Waals surface area (Å²) in [5.74, 6) is 0. The fraction of sp³-hybridized carbons (Fsp3) is 0.375. The first-order valence-electron chi connectivity index (χ1n) is 4.10. The van der Waals surface area contributed by atoms with Crippen LogP contribution in [0.3, 0.4) is 0 Å². The van der Waals surface area contributed by atoms with Crippen molar-refractivity contribution < 1.29 is 14.0 Å². The van der Waals surface area contributed by atoms with Gasteiger partial charge in [-0.2, -0.15) is 0 Å². The van der Waals surface area contributed by atoms with Crippen LogP contribution in [0.15, 0.2) is 18.3 Å². The summed E-state index contributed by atoms with van der Waals surface area (Å²) in [6, 6.07) is 3.22. The Balaban J connectivity index is 2.69. The molecule has 0 amide bonds. The van der Waals surface area contributed by atoms with Gasteiger partial charge in [0, 0.05) is 6.20 Å². The third-order valence-electron chi connectivity index (χ3n) is 1.50. The van der Waals surface area contributed by atoms with Gasteiger partial charge in [-0.15, -0.1) is 0 Å². The molecule has 0 aliphatic carbocycles. The number of pyridine rings is 1. The van der Waals surface area contributed by atoms with Crippen molar-refractivity contribution in [2.45, 2.75) is 13.1 Å². The zero-order valence-electron chi connectivity index (χ0n) is 7.68. The molecule has 0 bridgehead atoms. The Hall–Kier alpha value is -0.410. The first-order chi connectivity index (χ1) is 6.53. The first kappa shape index (κ1) is 11.7. The maximum Gasteiger partial charge on any atom is 0.332 e. The van der Waals surface area contributed by atoms with Crippen molar-refractivity contribution in [1.82, 2.24) is 4.98 Å². The summed E-state index contributed by atoms with van der Waals surface area (Å²) in [5.41, 5.74) is 0.633. The molecule has 0 saturated carbocycles. The highest BCUT2D eigenvalue weighted by atomic mass is 35.5. The van der Waals surface area contributed by atoms with E-state index in [-0.39, 0.29) is 12.8 Å². The molecule has 4 nitrogen and oxygen atoms in total. The maximum absolute atomic E-state index is 11.3. The Morgan fingerprint density at radius 1 is 1.64 bits per heavy atom. The number of aromatic nitrogens is 1. The van der Waals surface area contributed by atoms with Gasteiger partial charge in [-0.05, 0) is 18.6 Å². The fourth-order valence-corrected chi connectivity index (χ4v) is 2.23. The zero-order valence-corrected chi connectivity index (χ0v) is 9.33. The van der Waals surface area contributed by atoms with Crippen molar-refractivity contribution in [2.24, 2.45) is 0 Å². The van der Waals surface area contributed by atoms with Gasteiger partial charge in [0.25, 0.3) is 0 Å². The summed E-state index contributed by atoms with van der Waals surface area (Å²) in [6.07, 6.45) is 1.43. The summed E-state index contributed by atoms with van der Waals surface area (Å²) < 4.78 is 16.1. The lowest BCUT2D eigenvalue weighted by molar-refractivity contribution is 0.272. The Morgan fingerprint density at radius 3 is 2.86 bits per heavy atom. The Bertz CT molecular complexity index is 341. The van der Waals surface area contributed by atoms with Crippen molar-refractivity contribution >= 4 is 19.2 Å². The maximum atomic E-state index is 11.3. The van der Waals surface area contributed by atoms with E-state index in [0.717, 1.165) is 0 Å². The topological polar surface area (TPSA) is 59.4 Å². The molecule has 1 atom stereocenters. The van der Waals surface area contributed by atoms with E-state index >= 15 is 0 Å². The van der Waals surface area contributed by atoms with Crippen molar-refractivity contribution in [3.05, 3.63) is 29.0 Å². The Labute approximate surface area is 87.4 Å². The van der Waals surface area contributed by atoms with Crippen molar-refractivity contribution in [3.8, 4) is 0 Å². The molecule has 0 aliphatic rings. The lowest BCUT2D eigenvalue weighted by Gasteiger charge is -2.09. The van der Waals surface area contributed by atoms with Crippen LogP contribution in [0.4, 0.5) is 0 Å². The minimum atomic E-state index is -3.51. The van der Waals surface area contributed by atoms with Gasteiger partial charge < -0.3 is 9.42 Å². The summed E-state index contributed by atoms with van der Waals surface area (Å²) in [5, 5.41) is 0.359. The van der Waals surface area contributed by atoms with Crippen molar-refractivity contribution in [1.29, 1.82) is 0 Å². The fourth-order valence-electron chi connectivity index (χ4n) is 0.978. The molecular formula is C8H11ClNO3P. The van der Waals surface area contributed by atoms with Crippen LogP contribution < -0.4 is 0 Å². The van der Waals surface area contributed by atoms with Gasteiger partial charge in [0.2, 0.25) is 0 Å². The summed E-state index contributed by atoms with van der Waals surface area (Å²) in [7, 11) is -3.51. The highest BCUT2D eigenvalue weighted by Gasteiger charge is 2.18. The van der Waals surface area contributed by atoms with Crippen LogP contribution >= 0.6 is 19.2 Å². The third kappa shape index (κ3) is 3.76. The molecule has 1 heterocycles. The van der Waals surface area contributed by atoms with Crippen molar-refractivity contribution in [2.75, 3.05) is 6.61 Å². The van der Waals surface area contributed by atoms with Gasteiger partial charge in [0.15, 0.2) is 0 Å². The molecule has 0 saturated heterocycles. The quantitative estimate of drug-likeness (QED) is 0.643. The van der Waals surface area contributed by atoms with Crippen molar-refractivity contribution in [3.63, 3.8) is 0 Å². The van der Waals surface area contributed by atoms with Gasteiger partial charge in [-0.1, -0.05) is 17.7 Å². The second-order valence-corrected chi connectivity index (χ2v) is 4.94. The zero-order chi connectivity index (χ0) is 10.6. The molecule has 0 spiro atoms. The van der Waals surface area contributed by atoms with Crippen LogP contribution in [0.5, 0.6) is 0 Å². The lowest BCUT2D eigenvalue weighted by Crippen LogP contribution is -1.93. The minimum absolute atomic E-state index is 0.0367. The third-order valence-corrected chi connectivity index (χ3v) is 3.15. The van der Waals surface area contributed by atoms with Crippen LogP contribution in [0.2, 0.25) is 5.15 Å². The molecule has 1 unspecified atom stereocenters. The number of nitrogens with zero attached hydrogens (tertiary/aromatic N) is 1. The van der Waals surface area contributed by atoms with Gasteiger partial charge >= 0.3 is 7.60 Å². The predicted octanol–water partition coefficient (Wildman–Crippen LogP) is 2.46. The average molecular weight is 236 g/mol. The number of halogens is 1.